The van der Waals surface area contributed by atoms with Gasteiger partial charge in [-0.25, -0.2) is 4.79 Å². The Labute approximate surface area is 114 Å². The largest absolute Gasteiger partial charge is 0.471 e. The van der Waals surface area contributed by atoms with Crippen molar-refractivity contribution in [1.29, 1.82) is 0 Å². The SMILES string of the molecule is CC(NC(=O)NC1CC1)Oc1ccc(C(C)C)cc1. The van der Waals surface area contributed by atoms with Crippen LogP contribution in [0, 0.1) is 0 Å². The lowest BCUT2D eigenvalue weighted by Crippen LogP contribution is -2.44. The highest BCUT2D eigenvalue weighted by Crippen LogP contribution is 2.19. The summed E-state index contributed by atoms with van der Waals surface area (Å²) in [5.74, 6) is 1.28. The minimum absolute atomic E-state index is 0.159. The summed E-state index contributed by atoms with van der Waals surface area (Å²) in [5.41, 5.74) is 1.28. The van der Waals surface area contributed by atoms with Gasteiger partial charge in [0.15, 0.2) is 6.23 Å². The van der Waals surface area contributed by atoms with Gasteiger partial charge in [-0.1, -0.05) is 26.0 Å². The fourth-order valence-corrected chi connectivity index (χ4v) is 1.80. The molecule has 1 aromatic carbocycles. The molecule has 4 nitrogen and oxygen atoms in total. The van der Waals surface area contributed by atoms with E-state index in [1.54, 1.807) is 0 Å². The minimum Gasteiger partial charge on any atom is -0.471 e. The predicted octanol–water partition coefficient (Wildman–Crippen LogP) is 3.00. The summed E-state index contributed by atoms with van der Waals surface area (Å²) >= 11 is 0. The molecular formula is C15H22N2O2. The lowest BCUT2D eigenvalue weighted by atomic mass is 10.0. The van der Waals surface area contributed by atoms with Gasteiger partial charge in [0.25, 0.3) is 0 Å². The fraction of sp³-hybridized carbons (Fsp3) is 0.533. The molecule has 0 bridgehead atoms. The average molecular weight is 262 g/mol. The Morgan fingerprint density at radius 1 is 1.21 bits per heavy atom. The molecule has 0 spiro atoms. The van der Waals surface area contributed by atoms with Crippen molar-refractivity contribution in [1.82, 2.24) is 10.6 Å². The molecule has 2 N–H and O–H groups in total. The Morgan fingerprint density at radius 2 is 1.84 bits per heavy atom. The molecule has 1 fully saturated rings. The Kier molecular flexibility index (Phi) is 4.30. The number of ether oxygens (including phenoxy) is 1. The van der Waals surface area contributed by atoms with E-state index >= 15 is 0 Å². The van der Waals surface area contributed by atoms with Crippen molar-refractivity contribution in [3.8, 4) is 5.75 Å². The molecule has 1 saturated carbocycles. The number of benzene rings is 1. The van der Waals surface area contributed by atoms with Gasteiger partial charge in [-0.15, -0.1) is 0 Å². The van der Waals surface area contributed by atoms with Crippen LogP contribution < -0.4 is 15.4 Å². The highest BCUT2D eigenvalue weighted by molar-refractivity contribution is 5.74. The number of carbonyl (C=O) groups is 1. The number of urea groups is 1. The van der Waals surface area contributed by atoms with Crippen LogP contribution in [0.2, 0.25) is 0 Å². The van der Waals surface area contributed by atoms with Gasteiger partial charge in [0.05, 0.1) is 0 Å². The van der Waals surface area contributed by atoms with Crippen LogP contribution in [-0.2, 0) is 0 Å². The van der Waals surface area contributed by atoms with E-state index in [1.807, 2.05) is 19.1 Å². The number of hydrogen-bond donors (Lipinski definition) is 2. The van der Waals surface area contributed by atoms with Crippen LogP contribution in [-0.4, -0.2) is 18.3 Å². The molecular weight excluding hydrogens is 240 g/mol. The molecule has 0 radical (unpaired) electrons. The summed E-state index contributed by atoms with van der Waals surface area (Å²) in [5, 5.41) is 5.63. The molecule has 2 amide bonds. The molecule has 0 heterocycles. The van der Waals surface area contributed by atoms with Crippen LogP contribution in [0.3, 0.4) is 0 Å². The van der Waals surface area contributed by atoms with Gasteiger partial charge >= 0.3 is 6.03 Å². The van der Waals surface area contributed by atoms with E-state index in [2.05, 4.69) is 36.6 Å². The van der Waals surface area contributed by atoms with Gasteiger partial charge in [0, 0.05) is 6.04 Å². The molecule has 1 unspecified atom stereocenters. The molecule has 19 heavy (non-hydrogen) atoms. The summed E-state index contributed by atoms with van der Waals surface area (Å²) in [6.07, 6.45) is 1.82. The summed E-state index contributed by atoms with van der Waals surface area (Å²) in [4.78, 5) is 11.5. The monoisotopic (exact) mass is 262 g/mol. The van der Waals surface area contributed by atoms with Crippen molar-refractivity contribution in [2.45, 2.75) is 51.8 Å². The van der Waals surface area contributed by atoms with Gasteiger partial charge in [-0.05, 0) is 43.4 Å². The number of hydrogen-bond acceptors (Lipinski definition) is 2. The summed E-state index contributed by atoms with van der Waals surface area (Å²) in [6, 6.07) is 8.18. The third-order valence-corrected chi connectivity index (χ3v) is 3.11. The van der Waals surface area contributed by atoms with E-state index in [0.29, 0.717) is 12.0 Å². The van der Waals surface area contributed by atoms with E-state index in [9.17, 15) is 4.79 Å². The van der Waals surface area contributed by atoms with Gasteiger partial charge in [-0.3, -0.25) is 0 Å². The second kappa shape index (κ2) is 5.95. The molecule has 1 aliphatic rings. The summed E-state index contributed by atoms with van der Waals surface area (Å²) in [7, 11) is 0. The molecule has 4 heteroatoms. The number of rotatable bonds is 5. The van der Waals surface area contributed by atoms with Crippen LogP contribution in [0.4, 0.5) is 4.79 Å². The molecule has 0 aliphatic heterocycles. The lowest BCUT2D eigenvalue weighted by Gasteiger charge is -2.17. The first-order valence-electron chi connectivity index (χ1n) is 6.88. The van der Waals surface area contributed by atoms with Crippen molar-refractivity contribution in [3.63, 3.8) is 0 Å². The molecule has 1 aliphatic carbocycles. The van der Waals surface area contributed by atoms with Crippen LogP contribution in [0.15, 0.2) is 24.3 Å². The minimum atomic E-state index is -0.344. The normalized spacial score (nSPS) is 16.0. The smallest absolute Gasteiger partial charge is 0.317 e. The number of carbonyl (C=O) groups excluding carboxylic acids is 1. The molecule has 2 rings (SSSR count). The lowest BCUT2D eigenvalue weighted by molar-refractivity contribution is 0.177. The van der Waals surface area contributed by atoms with Crippen molar-refractivity contribution < 1.29 is 9.53 Å². The zero-order chi connectivity index (χ0) is 13.8. The number of amides is 2. The zero-order valence-electron chi connectivity index (χ0n) is 11.8. The van der Waals surface area contributed by atoms with Gasteiger partial charge in [0.2, 0.25) is 0 Å². The Morgan fingerprint density at radius 3 is 2.37 bits per heavy atom. The second-order valence-electron chi connectivity index (χ2n) is 5.38. The van der Waals surface area contributed by atoms with Crippen LogP contribution in [0.1, 0.15) is 45.1 Å². The van der Waals surface area contributed by atoms with E-state index < -0.39 is 0 Å². The van der Waals surface area contributed by atoms with Gasteiger partial charge < -0.3 is 15.4 Å². The maximum absolute atomic E-state index is 11.5. The van der Waals surface area contributed by atoms with E-state index in [1.165, 1.54) is 5.56 Å². The average Bonchev–Trinajstić information content (AvgIpc) is 3.13. The Balaban J connectivity index is 1.80. The summed E-state index contributed by atoms with van der Waals surface area (Å²) < 4.78 is 5.65. The van der Waals surface area contributed by atoms with E-state index in [-0.39, 0.29) is 12.3 Å². The van der Waals surface area contributed by atoms with Gasteiger partial charge in [0.1, 0.15) is 5.75 Å². The standard InChI is InChI=1S/C15H22N2O2/c1-10(2)12-4-8-14(9-5-12)19-11(3)16-15(18)17-13-6-7-13/h4-5,8-11,13H,6-7H2,1-3H3,(H2,16,17,18). The first-order chi connectivity index (χ1) is 9.04. The van der Waals surface area contributed by atoms with Crippen LogP contribution in [0.5, 0.6) is 5.75 Å². The quantitative estimate of drug-likeness (QED) is 0.801. The zero-order valence-corrected chi connectivity index (χ0v) is 11.8. The van der Waals surface area contributed by atoms with Crippen molar-refractivity contribution in [3.05, 3.63) is 29.8 Å². The molecule has 1 atom stereocenters. The van der Waals surface area contributed by atoms with Crippen molar-refractivity contribution >= 4 is 6.03 Å². The molecule has 104 valence electrons. The van der Waals surface area contributed by atoms with Gasteiger partial charge in [-0.2, -0.15) is 0 Å². The van der Waals surface area contributed by atoms with Crippen LogP contribution in [0.25, 0.3) is 0 Å². The van der Waals surface area contributed by atoms with E-state index in [0.717, 1.165) is 18.6 Å². The second-order valence-corrected chi connectivity index (χ2v) is 5.38. The topological polar surface area (TPSA) is 50.4 Å². The third-order valence-electron chi connectivity index (χ3n) is 3.11. The highest BCUT2D eigenvalue weighted by atomic mass is 16.5. The Bertz CT molecular complexity index is 424. The molecule has 0 saturated heterocycles. The number of nitrogens with one attached hydrogen (secondary N) is 2. The fourth-order valence-electron chi connectivity index (χ4n) is 1.80. The highest BCUT2D eigenvalue weighted by Gasteiger charge is 2.23. The molecule has 1 aromatic rings. The maximum atomic E-state index is 11.5. The third kappa shape index (κ3) is 4.47. The first-order valence-corrected chi connectivity index (χ1v) is 6.88. The first kappa shape index (κ1) is 13.7. The molecule has 0 aromatic heterocycles. The predicted molar refractivity (Wildman–Crippen MR) is 75.3 cm³/mol. The Hall–Kier alpha value is -1.71. The van der Waals surface area contributed by atoms with Crippen molar-refractivity contribution in [2.75, 3.05) is 0 Å². The van der Waals surface area contributed by atoms with E-state index in [4.69, 9.17) is 4.74 Å². The summed E-state index contributed by atoms with van der Waals surface area (Å²) in [6.45, 7) is 6.13. The van der Waals surface area contributed by atoms with Crippen LogP contribution >= 0.6 is 0 Å². The van der Waals surface area contributed by atoms with Crippen molar-refractivity contribution in [2.24, 2.45) is 0 Å². The maximum Gasteiger partial charge on any atom is 0.317 e.